The van der Waals surface area contributed by atoms with Gasteiger partial charge in [-0.3, -0.25) is 4.99 Å². The maximum atomic E-state index is 9.20. The molecule has 0 atom stereocenters. The van der Waals surface area contributed by atoms with Crippen LogP contribution < -0.4 is 5.73 Å². The van der Waals surface area contributed by atoms with E-state index in [-0.39, 0.29) is 5.88 Å². The summed E-state index contributed by atoms with van der Waals surface area (Å²) in [5.41, 5.74) is 6.18. The Bertz CT molecular complexity index is 335. The number of hydrogen-bond donors (Lipinski definition) is 2. The molecule has 0 aliphatic heterocycles. The van der Waals surface area contributed by atoms with Crippen molar-refractivity contribution in [3.63, 3.8) is 0 Å². The lowest BCUT2D eigenvalue weighted by molar-refractivity contribution is 0.453. The van der Waals surface area contributed by atoms with Crippen molar-refractivity contribution >= 4 is 23.2 Å². The molecule has 4 nitrogen and oxygen atoms in total. The Morgan fingerprint density at radius 3 is 2.85 bits per heavy atom. The van der Waals surface area contributed by atoms with E-state index in [1.165, 1.54) is 11.3 Å². The zero-order chi connectivity index (χ0) is 9.84. The fraction of sp³-hybridized carbons (Fsp3) is 0.250. The van der Waals surface area contributed by atoms with Gasteiger partial charge in [0.25, 0.3) is 0 Å². The van der Waals surface area contributed by atoms with Gasteiger partial charge in [0.05, 0.1) is 10.6 Å². The SMILES string of the molecule is CN=CC=C(N)c1nc(O)c(C)s1. The summed E-state index contributed by atoms with van der Waals surface area (Å²) in [7, 11) is 1.66. The number of aromatic nitrogens is 1. The standard InChI is InChI=1S/C8H11N3OS/c1-5-7(12)11-8(13-5)6(9)3-4-10-2/h3-4,12H,9H2,1-2H3. The van der Waals surface area contributed by atoms with Crippen LogP contribution in [0.5, 0.6) is 5.88 Å². The minimum Gasteiger partial charge on any atom is -0.492 e. The Morgan fingerprint density at radius 1 is 1.69 bits per heavy atom. The predicted octanol–water partition coefficient (Wildman–Crippen LogP) is 1.16. The van der Waals surface area contributed by atoms with Crippen LogP contribution in [-0.4, -0.2) is 23.4 Å². The van der Waals surface area contributed by atoms with Crippen molar-refractivity contribution in [1.82, 2.24) is 4.98 Å². The molecule has 3 N–H and O–H groups in total. The molecule has 0 saturated carbocycles. The third kappa shape index (κ3) is 2.29. The Balaban J connectivity index is 2.95. The highest BCUT2D eigenvalue weighted by molar-refractivity contribution is 7.12. The fourth-order valence-electron chi connectivity index (χ4n) is 0.738. The summed E-state index contributed by atoms with van der Waals surface area (Å²) in [5.74, 6) is 0.0461. The minimum atomic E-state index is 0.0461. The van der Waals surface area contributed by atoms with E-state index in [1.807, 2.05) is 0 Å². The number of aliphatic imine (C=N–C) groups is 1. The van der Waals surface area contributed by atoms with Gasteiger partial charge < -0.3 is 10.8 Å². The van der Waals surface area contributed by atoms with Crippen LogP contribution in [0.1, 0.15) is 9.88 Å². The van der Waals surface area contributed by atoms with Gasteiger partial charge in [-0.05, 0) is 13.0 Å². The van der Waals surface area contributed by atoms with Crippen molar-refractivity contribution in [3.05, 3.63) is 16.0 Å². The molecule has 0 aliphatic rings. The van der Waals surface area contributed by atoms with E-state index < -0.39 is 0 Å². The first-order chi connectivity index (χ1) is 6.15. The summed E-state index contributed by atoms with van der Waals surface area (Å²) in [6, 6.07) is 0. The van der Waals surface area contributed by atoms with E-state index in [4.69, 9.17) is 5.73 Å². The summed E-state index contributed by atoms with van der Waals surface area (Å²) in [6.45, 7) is 1.79. The molecule has 70 valence electrons. The number of nitrogens with two attached hydrogens (primary N) is 1. The highest BCUT2D eigenvalue weighted by Gasteiger charge is 2.06. The van der Waals surface area contributed by atoms with Crippen LogP contribution in [0.4, 0.5) is 0 Å². The van der Waals surface area contributed by atoms with Crippen molar-refractivity contribution in [1.29, 1.82) is 0 Å². The number of nitrogens with zero attached hydrogens (tertiary/aromatic N) is 2. The van der Waals surface area contributed by atoms with Crippen molar-refractivity contribution in [2.24, 2.45) is 10.7 Å². The molecule has 1 aromatic rings. The topological polar surface area (TPSA) is 71.5 Å². The van der Waals surface area contributed by atoms with Gasteiger partial charge in [0.1, 0.15) is 5.01 Å². The molecule has 0 bridgehead atoms. The lowest BCUT2D eigenvalue weighted by atomic mass is 10.4. The number of hydrogen-bond acceptors (Lipinski definition) is 5. The van der Waals surface area contributed by atoms with E-state index >= 15 is 0 Å². The summed E-state index contributed by atoms with van der Waals surface area (Å²) in [6.07, 6.45) is 3.24. The Labute approximate surface area is 80.5 Å². The normalized spacial score (nSPS) is 12.6. The van der Waals surface area contributed by atoms with Crippen LogP contribution >= 0.6 is 11.3 Å². The summed E-state index contributed by atoms with van der Waals surface area (Å²) in [5, 5.41) is 9.82. The number of thiazole rings is 1. The molecule has 0 radical (unpaired) electrons. The monoisotopic (exact) mass is 197 g/mol. The van der Waals surface area contributed by atoms with Gasteiger partial charge in [0, 0.05) is 13.3 Å². The number of allylic oxidation sites excluding steroid dienone is 1. The second-order valence-corrected chi connectivity index (χ2v) is 3.63. The Morgan fingerprint density at radius 2 is 2.38 bits per heavy atom. The Hall–Kier alpha value is -1.36. The molecule has 0 fully saturated rings. The van der Waals surface area contributed by atoms with Gasteiger partial charge in [0.2, 0.25) is 5.88 Å². The van der Waals surface area contributed by atoms with Gasteiger partial charge in [-0.2, -0.15) is 0 Å². The largest absolute Gasteiger partial charge is 0.492 e. The van der Waals surface area contributed by atoms with Gasteiger partial charge in [-0.25, -0.2) is 4.98 Å². The highest BCUT2D eigenvalue weighted by atomic mass is 32.1. The zero-order valence-electron chi connectivity index (χ0n) is 7.48. The molecule has 0 spiro atoms. The molecule has 5 heteroatoms. The number of aromatic hydroxyl groups is 1. The number of rotatable bonds is 2. The molecule has 0 aromatic carbocycles. The average molecular weight is 197 g/mol. The van der Waals surface area contributed by atoms with E-state index in [0.717, 1.165) is 4.88 Å². The lowest BCUT2D eigenvalue weighted by Crippen LogP contribution is -1.95. The second-order valence-electron chi connectivity index (χ2n) is 2.43. The lowest BCUT2D eigenvalue weighted by Gasteiger charge is -1.90. The molecule has 13 heavy (non-hydrogen) atoms. The summed E-state index contributed by atoms with van der Waals surface area (Å²) in [4.78, 5) is 8.41. The molecule has 0 unspecified atom stereocenters. The molecule has 0 amide bonds. The molecule has 1 aromatic heterocycles. The van der Waals surface area contributed by atoms with Crippen LogP contribution in [0.3, 0.4) is 0 Å². The summed E-state index contributed by atoms with van der Waals surface area (Å²) >= 11 is 1.36. The van der Waals surface area contributed by atoms with Crippen LogP contribution in [0, 0.1) is 6.92 Å². The quantitative estimate of drug-likeness (QED) is 0.699. The van der Waals surface area contributed by atoms with E-state index in [2.05, 4.69) is 9.98 Å². The van der Waals surface area contributed by atoms with Gasteiger partial charge >= 0.3 is 0 Å². The zero-order valence-corrected chi connectivity index (χ0v) is 8.30. The third-order valence-electron chi connectivity index (χ3n) is 1.42. The third-order valence-corrected chi connectivity index (χ3v) is 2.43. The van der Waals surface area contributed by atoms with Gasteiger partial charge in [-0.1, -0.05) is 0 Å². The second kappa shape index (κ2) is 4.04. The smallest absolute Gasteiger partial charge is 0.225 e. The van der Waals surface area contributed by atoms with Crippen molar-refractivity contribution in [3.8, 4) is 5.88 Å². The predicted molar refractivity (Wildman–Crippen MR) is 55.1 cm³/mol. The highest BCUT2D eigenvalue weighted by Crippen LogP contribution is 2.25. The maximum absolute atomic E-state index is 9.20. The van der Waals surface area contributed by atoms with Crippen molar-refractivity contribution < 1.29 is 5.11 Å². The summed E-state index contributed by atoms with van der Waals surface area (Å²) < 4.78 is 0. The van der Waals surface area contributed by atoms with Crippen LogP contribution in [0.2, 0.25) is 0 Å². The first-order valence-corrected chi connectivity index (χ1v) is 4.51. The van der Waals surface area contributed by atoms with E-state index in [1.54, 1.807) is 26.3 Å². The molecular formula is C8H11N3OS. The van der Waals surface area contributed by atoms with Crippen molar-refractivity contribution in [2.75, 3.05) is 7.05 Å². The first kappa shape index (κ1) is 9.73. The molecule has 1 heterocycles. The average Bonchev–Trinajstić information content (AvgIpc) is 2.43. The maximum Gasteiger partial charge on any atom is 0.225 e. The van der Waals surface area contributed by atoms with E-state index in [9.17, 15) is 5.11 Å². The number of aryl methyl sites for hydroxylation is 1. The molecule has 0 saturated heterocycles. The van der Waals surface area contributed by atoms with Crippen LogP contribution in [0.15, 0.2) is 11.1 Å². The van der Waals surface area contributed by atoms with Gasteiger partial charge in [0.15, 0.2) is 0 Å². The molecule has 0 aliphatic carbocycles. The van der Waals surface area contributed by atoms with Gasteiger partial charge in [-0.15, -0.1) is 11.3 Å². The Kier molecular flexibility index (Phi) is 3.02. The minimum absolute atomic E-state index is 0.0461. The fourth-order valence-corrected chi connectivity index (χ4v) is 1.48. The van der Waals surface area contributed by atoms with Crippen molar-refractivity contribution in [2.45, 2.75) is 6.92 Å². The van der Waals surface area contributed by atoms with E-state index in [0.29, 0.717) is 10.7 Å². The molecule has 1 rings (SSSR count). The first-order valence-electron chi connectivity index (χ1n) is 3.70. The van der Waals surface area contributed by atoms with Crippen LogP contribution in [-0.2, 0) is 0 Å². The molecular weight excluding hydrogens is 186 g/mol. The van der Waals surface area contributed by atoms with Crippen LogP contribution in [0.25, 0.3) is 5.70 Å².